The molecule has 0 bridgehead atoms. The Hall–Kier alpha value is -1.40. The Balaban J connectivity index is 2.27. The number of nitrogens with zero attached hydrogens (tertiary/aromatic N) is 2. The van der Waals surface area contributed by atoms with Crippen LogP contribution in [-0.4, -0.2) is 20.5 Å². The number of rotatable bonds is 4. The van der Waals surface area contributed by atoms with Gasteiger partial charge in [-0.05, 0) is 13.3 Å². The number of aryl methyl sites for hydroxylation is 1. The second-order valence-corrected chi connectivity index (χ2v) is 4.55. The van der Waals surface area contributed by atoms with Crippen molar-refractivity contribution in [3.63, 3.8) is 0 Å². The van der Waals surface area contributed by atoms with Crippen molar-refractivity contribution in [2.75, 3.05) is 0 Å². The molecule has 1 unspecified atom stereocenters. The highest BCUT2D eigenvalue weighted by Crippen LogP contribution is 2.23. The number of aromatic nitrogens is 2. The molecule has 0 aliphatic heterocycles. The highest BCUT2D eigenvalue weighted by molar-refractivity contribution is 7.15. The minimum absolute atomic E-state index is 0.0813. The standard InChI is InChI=1S/C10H13N3O2S/c1-6-9(7(11)2-3-8(14)15)13-4-5-16-10(13)12-6/h4-5,7H,2-3,11H2,1H3,(H,14,15). The Labute approximate surface area is 96.5 Å². The molecule has 2 aromatic heterocycles. The molecule has 0 radical (unpaired) electrons. The molecular weight excluding hydrogens is 226 g/mol. The molecule has 2 rings (SSSR count). The van der Waals surface area contributed by atoms with Crippen LogP contribution in [0.3, 0.4) is 0 Å². The highest BCUT2D eigenvalue weighted by Gasteiger charge is 2.17. The number of nitrogens with two attached hydrogens (primary N) is 1. The second-order valence-electron chi connectivity index (χ2n) is 3.68. The first-order valence-electron chi connectivity index (χ1n) is 4.99. The molecule has 2 aromatic rings. The zero-order valence-electron chi connectivity index (χ0n) is 8.88. The summed E-state index contributed by atoms with van der Waals surface area (Å²) in [6.07, 6.45) is 2.42. The molecule has 0 aliphatic rings. The Kier molecular flexibility index (Phi) is 2.93. The summed E-state index contributed by atoms with van der Waals surface area (Å²) in [5, 5.41) is 10.6. The van der Waals surface area contributed by atoms with E-state index in [1.165, 1.54) is 0 Å². The van der Waals surface area contributed by atoms with Crippen molar-refractivity contribution in [1.29, 1.82) is 0 Å². The van der Waals surface area contributed by atoms with Crippen LogP contribution >= 0.6 is 11.3 Å². The van der Waals surface area contributed by atoms with Crippen LogP contribution in [0, 0.1) is 6.92 Å². The summed E-state index contributed by atoms with van der Waals surface area (Å²) < 4.78 is 1.94. The highest BCUT2D eigenvalue weighted by atomic mass is 32.1. The molecule has 0 aliphatic carbocycles. The van der Waals surface area contributed by atoms with Gasteiger partial charge in [-0.15, -0.1) is 11.3 Å². The predicted molar refractivity (Wildman–Crippen MR) is 61.6 cm³/mol. The lowest BCUT2D eigenvalue weighted by Crippen LogP contribution is -2.15. The van der Waals surface area contributed by atoms with E-state index >= 15 is 0 Å². The molecule has 3 N–H and O–H groups in total. The van der Waals surface area contributed by atoms with Crippen molar-refractivity contribution in [2.45, 2.75) is 25.8 Å². The molecule has 16 heavy (non-hydrogen) atoms. The van der Waals surface area contributed by atoms with E-state index < -0.39 is 5.97 Å². The van der Waals surface area contributed by atoms with Gasteiger partial charge in [-0.3, -0.25) is 9.20 Å². The van der Waals surface area contributed by atoms with Crippen LogP contribution in [0.1, 0.15) is 30.3 Å². The van der Waals surface area contributed by atoms with Crippen molar-refractivity contribution in [3.8, 4) is 0 Å². The maximum Gasteiger partial charge on any atom is 0.303 e. The van der Waals surface area contributed by atoms with Gasteiger partial charge < -0.3 is 10.8 Å². The van der Waals surface area contributed by atoms with Crippen molar-refractivity contribution < 1.29 is 9.90 Å². The van der Waals surface area contributed by atoms with Crippen LogP contribution < -0.4 is 5.73 Å². The number of aliphatic carboxylic acids is 1. The van der Waals surface area contributed by atoms with Gasteiger partial charge in [0.1, 0.15) is 0 Å². The molecule has 0 saturated carbocycles. The Bertz CT molecular complexity index is 517. The van der Waals surface area contributed by atoms with Crippen molar-refractivity contribution in [1.82, 2.24) is 9.38 Å². The van der Waals surface area contributed by atoms with E-state index in [0.29, 0.717) is 6.42 Å². The lowest BCUT2D eigenvalue weighted by atomic mass is 10.1. The summed E-state index contributed by atoms with van der Waals surface area (Å²) in [5.74, 6) is -0.820. The third-order valence-electron chi connectivity index (χ3n) is 2.50. The van der Waals surface area contributed by atoms with Gasteiger partial charge in [0.15, 0.2) is 4.96 Å². The van der Waals surface area contributed by atoms with Gasteiger partial charge in [-0.1, -0.05) is 0 Å². The monoisotopic (exact) mass is 239 g/mol. The number of carbonyl (C=O) groups is 1. The fraction of sp³-hybridized carbons (Fsp3) is 0.400. The summed E-state index contributed by atoms with van der Waals surface area (Å²) in [6, 6.07) is -0.277. The lowest BCUT2D eigenvalue weighted by Gasteiger charge is -2.10. The minimum atomic E-state index is -0.820. The van der Waals surface area contributed by atoms with Gasteiger partial charge in [0, 0.05) is 24.0 Å². The van der Waals surface area contributed by atoms with Crippen molar-refractivity contribution in [2.24, 2.45) is 5.73 Å². The maximum absolute atomic E-state index is 10.5. The van der Waals surface area contributed by atoms with Gasteiger partial charge in [0.05, 0.1) is 11.4 Å². The minimum Gasteiger partial charge on any atom is -0.481 e. The first-order valence-corrected chi connectivity index (χ1v) is 5.87. The van der Waals surface area contributed by atoms with Crippen LogP contribution in [-0.2, 0) is 4.79 Å². The number of hydrogen-bond donors (Lipinski definition) is 2. The van der Waals surface area contributed by atoms with E-state index in [2.05, 4.69) is 4.98 Å². The fourth-order valence-electron chi connectivity index (χ4n) is 1.77. The molecule has 2 heterocycles. The van der Waals surface area contributed by atoms with Crippen molar-refractivity contribution in [3.05, 3.63) is 23.0 Å². The van der Waals surface area contributed by atoms with Gasteiger partial charge >= 0.3 is 5.97 Å². The zero-order valence-corrected chi connectivity index (χ0v) is 9.70. The summed E-state index contributed by atoms with van der Waals surface area (Å²) in [5.41, 5.74) is 7.79. The first-order chi connectivity index (χ1) is 7.59. The number of carboxylic acids is 1. The van der Waals surface area contributed by atoms with Crippen LogP contribution in [0.25, 0.3) is 4.96 Å². The normalized spacial score (nSPS) is 13.1. The third kappa shape index (κ3) is 1.94. The topological polar surface area (TPSA) is 80.6 Å². The molecule has 1 atom stereocenters. The molecule has 0 amide bonds. The SMILES string of the molecule is Cc1nc2sccn2c1C(N)CCC(=O)O. The molecule has 0 fully saturated rings. The molecule has 0 aromatic carbocycles. The van der Waals surface area contributed by atoms with Crippen LogP contribution in [0.15, 0.2) is 11.6 Å². The third-order valence-corrected chi connectivity index (χ3v) is 3.26. The largest absolute Gasteiger partial charge is 0.481 e. The number of fused-ring (bicyclic) bond motifs is 1. The molecule has 0 saturated heterocycles. The van der Waals surface area contributed by atoms with E-state index in [1.54, 1.807) is 11.3 Å². The maximum atomic E-state index is 10.5. The van der Waals surface area contributed by atoms with Crippen LogP contribution in [0.2, 0.25) is 0 Å². The van der Waals surface area contributed by atoms with E-state index in [0.717, 1.165) is 16.3 Å². The summed E-state index contributed by atoms with van der Waals surface area (Å²) in [6.45, 7) is 1.90. The molecule has 0 spiro atoms. The number of imidazole rings is 1. The Morgan fingerprint density at radius 1 is 1.75 bits per heavy atom. The van der Waals surface area contributed by atoms with E-state index in [1.807, 2.05) is 22.9 Å². The summed E-state index contributed by atoms with van der Waals surface area (Å²) in [4.78, 5) is 15.8. The first kappa shape index (κ1) is 11.1. The quantitative estimate of drug-likeness (QED) is 0.848. The lowest BCUT2D eigenvalue weighted by molar-refractivity contribution is -0.137. The van der Waals surface area contributed by atoms with Gasteiger partial charge in [0.2, 0.25) is 0 Å². The Morgan fingerprint density at radius 3 is 3.19 bits per heavy atom. The predicted octanol–water partition coefficient (Wildman–Crippen LogP) is 1.57. The fourth-order valence-corrected chi connectivity index (χ4v) is 2.54. The summed E-state index contributed by atoms with van der Waals surface area (Å²) in [7, 11) is 0. The zero-order chi connectivity index (χ0) is 11.7. The van der Waals surface area contributed by atoms with Gasteiger partial charge in [-0.25, -0.2) is 4.98 Å². The van der Waals surface area contributed by atoms with Crippen LogP contribution in [0.4, 0.5) is 0 Å². The number of carboxylic acid groups (broad SMARTS) is 1. The molecule has 5 nitrogen and oxygen atoms in total. The Morgan fingerprint density at radius 2 is 2.50 bits per heavy atom. The summed E-state index contributed by atoms with van der Waals surface area (Å²) >= 11 is 1.54. The number of hydrogen-bond acceptors (Lipinski definition) is 4. The molecule has 6 heteroatoms. The van der Waals surface area contributed by atoms with E-state index in [4.69, 9.17) is 10.8 Å². The van der Waals surface area contributed by atoms with Gasteiger partial charge in [-0.2, -0.15) is 0 Å². The van der Waals surface area contributed by atoms with E-state index in [9.17, 15) is 4.79 Å². The van der Waals surface area contributed by atoms with Gasteiger partial charge in [0.25, 0.3) is 0 Å². The molecular formula is C10H13N3O2S. The van der Waals surface area contributed by atoms with Crippen molar-refractivity contribution >= 4 is 22.3 Å². The smallest absolute Gasteiger partial charge is 0.303 e. The van der Waals surface area contributed by atoms with Crippen LogP contribution in [0.5, 0.6) is 0 Å². The average molecular weight is 239 g/mol. The second kappa shape index (κ2) is 4.23. The molecule has 86 valence electrons. The average Bonchev–Trinajstić information content (AvgIpc) is 2.73. The van der Waals surface area contributed by atoms with E-state index in [-0.39, 0.29) is 12.5 Å². The number of thiazole rings is 1.